The number of sulfonamides is 1. The third-order valence-corrected chi connectivity index (χ3v) is 4.80. The molecule has 1 saturated heterocycles. The largest absolute Gasteiger partial charge is 0.468 e. The number of hydrogen-bond acceptors (Lipinski definition) is 5. The van der Waals surface area contributed by atoms with E-state index < -0.39 is 21.7 Å². The highest BCUT2D eigenvalue weighted by Gasteiger charge is 2.32. The molecule has 1 unspecified atom stereocenters. The van der Waals surface area contributed by atoms with Crippen molar-refractivity contribution >= 4 is 16.0 Å². The van der Waals surface area contributed by atoms with Crippen molar-refractivity contribution in [2.45, 2.75) is 32.2 Å². The van der Waals surface area contributed by atoms with Gasteiger partial charge in [-0.15, -0.1) is 0 Å². The maximum absolute atomic E-state index is 12.2. The Labute approximate surface area is 109 Å². The first-order valence-electron chi connectivity index (χ1n) is 6.28. The Bertz CT molecular complexity index is 363. The predicted molar refractivity (Wildman–Crippen MR) is 68.7 cm³/mol. The van der Waals surface area contributed by atoms with Crippen LogP contribution in [0, 0.1) is 0 Å². The number of piperidine rings is 1. The normalized spacial score (nSPS) is 20.9. The van der Waals surface area contributed by atoms with Crippen LogP contribution in [0.3, 0.4) is 0 Å². The van der Waals surface area contributed by atoms with Gasteiger partial charge in [0.15, 0.2) is 5.75 Å². The van der Waals surface area contributed by atoms with Crippen molar-refractivity contribution in [3.8, 4) is 0 Å². The zero-order chi connectivity index (χ0) is 13.6. The molecule has 1 aliphatic heterocycles. The van der Waals surface area contributed by atoms with Crippen LogP contribution in [0.4, 0.5) is 0 Å². The Kier molecular flexibility index (Phi) is 6.04. The van der Waals surface area contributed by atoms with E-state index in [0.29, 0.717) is 13.1 Å². The van der Waals surface area contributed by atoms with Gasteiger partial charge in [-0.1, -0.05) is 6.92 Å². The fraction of sp³-hybridized carbons (Fsp3) is 0.909. The molecule has 1 aliphatic rings. The first kappa shape index (κ1) is 15.4. The fourth-order valence-electron chi connectivity index (χ4n) is 2.14. The lowest BCUT2D eigenvalue weighted by atomic mass is 10.1. The molecule has 0 aromatic carbocycles. The van der Waals surface area contributed by atoms with Crippen LogP contribution in [0.15, 0.2) is 0 Å². The van der Waals surface area contributed by atoms with E-state index in [1.165, 1.54) is 11.4 Å². The Morgan fingerprint density at radius 1 is 1.50 bits per heavy atom. The maximum Gasteiger partial charge on any atom is 0.322 e. The SMILES string of the molecule is CCCN(C1CCCNC1)S(=O)(=O)CC(=O)OC. The molecule has 0 aromatic heterocycles. The maximum atomic E-state index is 12.2. The number of carbonyl (C=O) groups is 1. The molecule has 18 heavy (non-hydrogen) atoms. The van der Waals surface area contributed by atoms with Crippen LogP contribution < -0.4 is 5.32 Å². The quantitative estimate of drug-likeness (QED) is 0.690. The van der Waals surface area contributed by atoms with Gasteiger partial charge in [-0.25, -0.2) is 8.42 Å². The Morgan fingerprint density at radius 3 is 2.72 bits per heavy atom. The van der Waals surface area contributed by atoms with Gasteiger partial charge in [0.25, 0.3) is 0 Å². The number of rotatable bonds is 6. The zero-order valence-corrected chi connectivity index (χ0v) is 11.8. The molecule has 1 heterocycles. The van der Waals surface area contributed by atoms with Crippen LogP contribution in [-0.4, -0.2) is 57.2 Å². The van der Waals surface area contributed by atoms with Gasteiger partial charge in [-0.3, -0.25) is 4.79 Å². The summed E-state index contributed by atoms with van der Waals surface area (Å²) in [5.74, 6) is -1.28. The second-order valence-corrected chi connectivity index (χ2v) is 6.36. The van der Waals surface area contributed by atoms with Gasteiger partial charge < -0.3 is 10.1 Å². The van der Waals surface area contributed by atoms with Crippen molar-refractivity contribution in [3.05, 3.63) is 0 Å². The van der Waals surface area contributed by atoms with E-state index >= 15 is 0 Å². The summed E-state index contributed by atoms with van der Waals surface area (Å²) >= 11 is 0. The van der Waals surface area contributed by atoms with Crippen LogP contribution >= 0.6 is 0 Å². The summed E-state index contributed by atoms with van der Waals surface area (Å²) in [6, 6.07) is -0.0478. The van der Waals surface area contributed by atoms with Crippen molar-refractivity contribution in [1.82, 2.24) is 9.62 Å². The summed E-state index contributed by atoms with van der Waals surface area (Å²) in [5.41, 5.74) is 0. The molecule has 0 aromatic rings. The van der Waals surface area contributed by atoms with E-state index in [4.69, 9.17) is 0 Å². The fourth-order valence-corrected chi connectivity index (χ4v) is 3.82. The average molecular weight is 278 g/mol. The Hall–Kier alpha value is -0.660. The topological polar surface area (TPSA) is 75.7 Å². The van der Waals surface area contributed by atoms with E-state index in [9.17, 15) is 13.2 Å². The molecular weight excluding hydrogens is 256 g/mol. The third-order valence-electron chi connectivity index (χ3n) is 3.01. The summed E-state index contributed by atoms with van der Waals surface area (Å²) in [5, 5.41) is 3.19. The first-order chi connectivity index (χ1) is 8.51. The van der Waals surface area contributed by atoms with Gasteiger partial charge in [0.2, 0.25) is 10.0 Å². The molecule has 6 nitrogen and oxygen atoms in total. The van der Waals surface area contributed by atoms with Gasteiger partial charge in [0.05, 0.1) is 7.11 Å². The number of nitrogens with one attached hydrogen (secondary N) is 1. The molecule has 0 amide bonds. The van der Waals surface area contributed by atoms with E-state index in [-0.39, 0.29) is 6.04 Å². The monoisotopic (exact) mass is 278 g/mol. The molecule has 7 heteroatoms. The molecule has 0 aliphatic carbocycles. The van der Waals surface area contributed by atoms with Crippen molar-refractivity contribution in [3.63, 3.8) is 0 Å². The molecule has 1 fully saturated rings. The Morgan fingerprint density at radius 2 is 2.22 bits per heavy atom. The lowest BCUT2D eigenvalue weighted by molar-refractivity contribution is -0.137. The number of methoxy groups -OCH3 is 1. The van der Waals surface area contributed by atoms with Crippen molar-refractivity contribution in [1.29, 1.82) is 0 Å². The highest BCUT2D eigenvalue weighted by atomic mass is 32.2. The molecule has 0 radical (unpaired) electrons. The molecule has 1 N–H and O–H groups in total. The van der Waals surface area contributed by atoms with Crippen molar-refractivity contribution in [2.24, 2.45) is 0 Å². The van der Waals surface area contributed by atoms with Gasteiger partial charge in [-0.2, -0.15) is 4.31 Å². The third kappa shape index (κ3) is 4.22. The summed E-state index contributed by atoms with van der Waals surface area (Å²) in [4.78, 5) is 11.2. The van der Waals surface area contributed by atoms with Crippen LogP contribution in [0.1, 0.15) is 26.2 Å². The van der Waals surface area contributed by atoms with Gasteiger partial charge in [-0.05, 0) is 25.8 Å². The summed E-state index contributed by atoms with van der Waals surface area (Å²) < 4.78 is 30.3. The number of nitrogens with zero attached hydrogens (tertiary/aromatic N) is 1. The highest BCUT2D eigenvalue weighted by Crippen LogP contribution is 2.16. The second kappa shape index (κ2) is 7.06. The molecule has 1 atom stereocenters. The first-order valence-corrected chi connectivity index (χ1v) is 7.89. The van der Waals surface area contributed by atoms with E-state index in [1.807, 2.05) is 6.92 Å². The number of esters is 1. The molecule has 0 spiro atoms. The van der Waals surface area contributed by atoms with E-state index in [2.05, 4.69) is 10.1 Å². The average Bonchev–Trinajstić information content (AvgIpc) is 2.36. The molecule has 1 rings (SSSR count). The number of hydrogen-bond donors (Lipinski definition) is 1. The Balaban J connectivity index is 2.78. The van der Waals surface area contributed by atoms with Gasteiger partial charge >= 0.3 is 5.97 Å². The number of ether oxygens (including phenoxy) is 1. The van der Waals surface area contributed by atoms with E-state index in [1.54, 1.807) is 0 Å². The predicted octanol–water partition coefficient (Wildman–Crippen LogP) is -0.0468. The van der Waals surface area contributed by atoms with Gasteiger partial charge in [0, 0.05) is 19.1 Å². The van der Waals surface area contributed by atoms with Crippen LogP contribution in [0.2, 0.25) is 0 Å². The zero-order valence-electron chi connectivity index (χ0n) is 11.0. The van der Waals surface area contributed by atoms with Crippen molar-refractivity contribution in [2.75, 3.05) is 32.5 Å². The van der Waals surface area contributed by atoms with Crippen LogP contribution in [0.25, 0.3) is 0 Å². The lowest BCUT2D eigenvalue weighted by Gasteiger charge is -2.33. The summed E-state index contributed by atoms with van der Waals surface area (Å²) in [6.07, 6.45) is 2.53. The molecule has 0 bridgehead atoms. The van der Waals surface area contributed by atoms with Crippen LogP contribution in [-0.2, 0) is 19.6 Å². The van der Waals surface area contributed by atoms with Crippen LogP contribution in [0.5, 0.6) is 0 Å². The molecule has 106 valence electrons. The molecular formula is C11H22N2O4S. The standard InChI is InChI=1S/C11H22N2O4S/c1-3-7-13(10-5-4-6-12-8-10)18(15,16)9-11(14)17-2/h10,12H,3-9H2,1-2H3. The minimum atomic E-state index is -3.58. The smallest absolute Gasteiger partial charge is 0.322 e. The van der Waals surface area contributed by atoms with E-state index in [0.717, 1.165) is 25.8 Å². The minimum absolute atomic E-state index is 0.0478. The van der Waals surface area contributed by atoms with Gasteiger partial charge in [0.1, 0.15) is 0 Å². The summed E-state index contributed by atoms with van der Waals surface area (Å²) in [7, 11) is -2.38. The minimum Gasteiger partial charge on any atom is -0.468 e. The highest BCUT2D eigenvalue weighted by molar-refractivity contribution is 7.89. The van der Waals surface area contributed by atoms with Crippen molar-refractivity contribution < 1.29 is 17.9 Å². The number of carbonyl (C=O) groups excluding carboxylic acids is 1. The second-order valence-electron chi connectivity index (χ2n) is 4.44. The lowest BCUT2D eigenvalue weighted by Crippen LogP contribution is -2.50. The summed E-state index contributed by atoms with van der Waals surface area (Å²) in [6.45, 7) is 3.95. The molecule has 0 saturated carbocycles.